The third-order valence-electron chi connectivity index (χ3n) is 4.55. The van der Waals surface area contributed by atoms with Crippen molar-refractivity contribution in [1.29, 1.82) is 0 Å². The third kappa shape index (κ3) is 3.08. The fraction of sp³-hybridized carbons (Fsp3) is 0.857. The zero-order valence-electron chi connectivity index (χ0n) is 12.0. The minimum absolute atomic E-state index is 0.0235. The van der Waals surface area contributed by atoms with Crippen molar-refractivity contribution in [2.75, 3.05) is 20.1 Å². The Labute approximate surface area is 114 Å². The van der Waals surface area contributed by atoms with Gasteiger partial charge in [0.15, 0.2) is 0 Å². The highest BCUT2D eigenvalue weighted by atomic mass is 16.4. The van der Waals surface area contributed by atoms with Gasteiger partial charge in [-0.2, -0.15) is 0 Å². The number of hydrogen-bond acceptors (Lipinski definition) is 3. The summed E-state index contributed by atoms with van der Waals surface area (Å²) in [5, 5.41) is 8.88. The topological polar surface area (TPSA) is 60.9 Å². The van der Waals surface area contributed by atoms with Crippen LogP contribution in [0.4, 0.5) is 0 Å². The fourth-order valence-corrected chi connectivity index (χ4v) is 2.97. The molecule has 0 aromatic rings. The van der Waals surface area contributed by atoms with Gasteiger partial charge in [0, 0.05) is 32.2 Å². The van der Waals surface area contributed by atoms with Crippen molar-refractivity contribution in [3.8, 4) is 0 Å². The summed E-state index contributed by atoms with van der Waals surface area (Å²) < 4.78 is 0. The third-order valence-corrected chi connectivity index (χ3v) is 4.55. The molecule has 5 heteroatoms. The number of carboxylic acid groups (broad SMARTS) is 1. The summed E-state index contributed by atoms with van der Waals surface area (Å²) in [7, 11) is 1.83. The second-order valence-electron chi connectivity index (χ2n) is 6.10. The van der Waals surface area contributed by atoms with Crippen LogP contribution in [-0.4, -0.2) is 59.0 Å². The first-order valence-corrected chi connectivity index (χ1v) is 7.15. The zero-order chi connectivity index (χ0) is 14.2. The molecule has 0 radical (unpaired) electrons. The van der Waals surface area contributed by atoms with Gasteiger partial charge in [-0.3, -0.25) is 9.59 Å². The molecule has 1 heterocycles. The van der Waals surface area contributed by atoms with Crippen molar-refractivity contribution < 1.29 is 14.7 Å². The van der Waals surface area contributed by atoms with E-state index >= 15 is 0 Å². The minimum atomic E-state index is -0.832. The average molecular weight is 268 g/mol. The molecule has 2 unspecified atom stereocenters. The van der Waals surface area contributed by atoms with Crippen molar-refractivity contribution in [1.82, 2.24) is 9.80 Å². The van der Waals surface area contributed by atoms with E-state index in [9.17, 15) is 9.59 Å². The maximum Gasteiger partial charge on any atom is 0.307 e. The molecule has 0 spiro atoms. The lowest BCUT2D eigenvalue weighted by molar-refractivity contribution is -0.142. The zero-order valence-corrected chi connectivity index (χ0v) is 12.0. The van der Waals surface area contributed by atoms with Crippen LogP contribution >= 0.6 is 0 Å². The van der Waals surface area contributed by atoms with Gasteiger partial charge in [0.2, 0.25) is 5.91 Å². The molecule has 1 N–H and O–H groups in total. The van der Waals surface area contributed by atoms with E-state index in [1.165, 1.54) is 0 Å². The molecule has 2 aliphatic rings. The second kappa shape index (κ2) is 5.49. The van der Waals surface area contributed by atoms with Crippen LogP contribution in [0.25, 0.3) is 0 Å². The molecule has 19 heavy (non-hydrogen) atoms. The highest BCUT2D eigenvalue weighted by Crippen LogP contribution is 2.40. The molecule has 1 amide bonds. The fourth-order valence-electron chi connectivity index (χ4n) is 2.97. The number of hydrogen-bond donors (Lipinski definition) is 1. The Morgan fingerprint density at radius 2 is 1.79 bits per heavy atom. The second-order valence-corrected chi connectivity index (χ2v) is 6.10. The van der Waals surface area contributed by atoms with Crippen molar-refractivity contribution in [2.24, 2.45) is 11.8 Å². The summed E-state index contributed by atoms with van der Waals surface area (Å²) in [5.74, 6) is -1.52. The molecule has 0 aromatic heterocycles. The number of piperidine rings is 1. The van der Waals surface area contributed by atoms with Gasteiger partial charge in [0.25, 0.3) is 0 Å². The number of carbonyl (C=O) groups excluding carboxylic acids is 1. The van der Waals surface area contributed by atoms with Crippen LogP contribution in [0.3, 0.4) is 0 Å². The van der Waals surface area contributed by atoms with Crippen LogP contribution in [0.15, 0.2) is 0 Å². The Morgan fingerprint density at radius 3 is 2.21 bits per heavy atom. The van der Waals surface area contributed by atoms with Crippen LogP contribution in [0.5, 0.6) is 0 Å². The van der Waals surface area contributed by atoms with E-state index in [4.69, 9.17) is 5.11 Å². The quantitative estimate of drug-likeness (QED) is 0.827. The SMILES string of the molecule is CC(C)N1CCC(N(C)C(=O)C2CC2C(=O)O)CC1. The highest BCUT2D eigenvalue weighted by Gasteiger charge is 2.50. The van der Waals surface area contributed by atoms with Gasteiger partial charge < -0.3 is 14.9 Å². The number of nitrogens with zero attached hydrogens (tertiary/aromatic N) is 2. The summed E-state index contributed by atoms with van der Waals surface area (Å²) in [6, 6.07) is 0.833. The maximum atomic E-state index is 12.2. The monoisotopic (exact) mass is 268 g/mol. The lowest BCUT2D eigenvalue weighted by Crippen LogP contribution is -2.47. The number of rotatable bonds is 4. The van der Waals surface area contributed by atoms with E-state index in [1.54, 1.807) is 4.90 Å². The standard InChI is InChI=1S/C14H24N2O3/c1-9(2)16-6-4-10(5-7-16)15(3)13(17)11-8-12(11)14(18)19/h9-12H,4-8H2,1-3H3,(H,18,19). The predicted molar refractivity (Wildman–Crippen MR) is 71.7 cm³/mol. The predicted octanol–water partition coefficient (Wildman–Crippen LogP) is 1.04. The van der Waals surface area contributed by atoms with Crippen LogP contribution in [0, 0.1) is 11.8 Å². The first kappa shape index (κ1) is 14.3. The molecular weight excluding hydrogens is 244 g/mol. The molecule has 0 aromatic carbocycles. The van der Waals surface area contributed by atoms with Gasteiger partial charge >= 0.3 is 5.97 Å². The molecule has 1 aliphatic heterocycles. The van der Waals surface area contributed by atoms with E-state index in [0.717, 1.165) is 25.9 Å². The van der Waals surface area contributed by atoms with E-state index in [2.05, 4.69) is 18.7 Å². The molecule has 1 saturated heterocycles. The van der Waals surface area contributed by atoms with E-state index in [1.807, 2.05) is 7.05 Å². The van der Waals surface area contributed by atoms with Crippen LogP contribution in [0.2, 0.25) is 0 Å². The van der Waals surface area contributed by atoms with Gasteiger partial charge in [0.1, 0.15) is 0 Å². The number of likely N-dealkylation sites (tertiary alicyclic amines) is 1. The first-order chi connectivity index (χ1) is 8.91. The van der Waals surface area contributed by atoms with Crippen LogP contribution < -0.4 is 0 Å². The number of carbonyl (C=O) groups is 2. The smallest absolute Gasteiger partial charge is 0.307 e. The molecule has 1 aliphatic carbocycles. The van der Waals surface area contributed by atoms with Gasteiger partial charge in [-0.1, -0.05) is 0 Å². The van der Waals surface area contributed by atoms with Gasteiger partial charge in [-0.25, -0.2) is 0 Å². The van der Waals surface area contributed by atoms with Crippen molar-refractivity contribution in [3.63, 3.8) is 0 Å². The Balaban J connectivity index is 1.83. The van der Waals surface area contributed by atoms with E-state index in [-0.39, 0.29) is 17.9 Å². The summed E-state index contributed by atoms with van der Waals surface area (Å²) in [6.07, 6.45) is 2.50. The lowest BCUT2D eigenvalue weighted by atomic mass is 10.0. The van der Waals surface area contributed by atoms with Crippen molar-refractivity contribution in [3.05, 3.63) is 0 Å². The highest BCUT2D eigenvalue weighted by molar-refractivity contribution is 5.89. The molecule has 5 nitrogen and oxygen atoms in total. The lowest BCUT2D eigenvalue weighted by Gasteiger charge is -2.38. The normalized spacial score (nSPS) is 28.4. The van der Waals surface area contributed by atoms with Gasteiger partial charge in [0.05, 0.1) is 11.8 Å². The molecule has 1 saturated carbocycles. The number of carboxylic acids is 1. The minimum Gasteiger partial charge on any atom is -0.481 e. The van der Waals surface area contributed by atoms with Crippen molar-refractivity contribution >= 4 is 11.9 Å². The van der Waals surface area contributed by atoms with E-state index < -0.39 is 11.9 Å². The summed E-state index contributed by atoms with van der Waals surface area (Å²) in [4.78, 5) is 27.2. The largest absolute Gasteiger partial charge is 0.481 e. The van der Waals surface area contributed by atoms with Crippen molar-refractivity contribution in [2.45, 2.75) is 45.2 Å². The molecule has 2 fully saturated rings. The molecular formula is C14H24N2O3. The number of aliphatic carboxylic acids is 1. The molecule has 108 valence electrons. The molecule has 2 rings (SSSR count). The Bertz CT molecular complexity index is 362. The Morgan fingerprint density at radius 1 is 1.21 bits per heavy atom. The molecule has 0 bridgehead atoms. The summed E-state index contributed by atoms with van der Waals surface area (Å²) in [5.41, 5.74) is 0. The average Bonchev–Trinajstić information content (AvgIpc) is 3.17. The summed E-state index contributed by atoms with van der Waals surface area (Å²) in [6.45, 7) is 6.42. The van der Waals surface area contributed by atoms with Crippen LogP contribution in [0.1, 0.15) is 33.1 Å². The number of amides is 1. The maximum absolute atomic E-state index is 12.2. The summed E-state index contributed by atoms with van der Waals surface area (Å²) >= 11 is 0. The van der Waals surface area contributed by atoms with Gasteiger partial charge in [-0.15, -0.1) is 0 Å². The van der Waals surface area contributed by atoms with Crippen LogP contribution in [-0.2, 0) is 9.59 Å². The Hall–Kier alpha value is -1.10. The molecule has 2 atom stereocenters. The van der Waals surface area contributed by atoms with E-state index in [0.29, 0.717) is 12.5 Å². The van der Waals surface area contributed by atoms with Gasteiger partial charge in [-0.05, 0) is 33.1 Å². The first-order valence-electron chi connectivity index (χ1n) is 7.15. The Kier molecular flexibility index (Phi) is 4.13.